The topological polar surface area (TPSA) is 41.1 Å². The van der Waals surface area contributed by atoms with Crippen LogP contribution in [0.2, 0.25) is 0 Å². The second-order valence-electron chi connectivity index (χ2n) is 5.40. The van der Waals surface area contributed by atoms with E-state index in [9.17, 15) is 4.79 Å². The van der Waals surface area contributed by atoms with Crippen molar-refractivity contribution in [2.75, 3.05) is 19.6 Å². The van der Waals surface area contributed by atoms with E-state index in [2.05, 4.69) is 59.5 Å². The molecular formula is C15H23BrN2O. The van der Waals surface area contributed by atoms with Crippen LogP contribution in [0.25, 0.3) is 0 Å². The van der Waals surface area contributed by atoms with E-state index in [4.69, 9.17) is 0 Å². The number of aryl methyl sites for hydroxylation is 1. The van der Waals surface area contributed by atoms with Crippen LogP contribution in [-0.2, 0) is 10.2 Å². The zero-order valence-electron chi connectivity index (χ0n) is 12.1. The van der Waals surface area contributed by atoms with Crippen molar-refractivity contribution in [3.63, 3.8) is 0 Å². The van der Waals surface area contributed by atoms with E-state index in [0.29, 0.717) is 13.1 Å². The summed E-state index contributed by atoms with van der Waals surface area (Å²) in [4.78, 5) is 11.6. The Morgan fingerprint density at radius 3 is 2.68 bits per heavy atom. The molecule has 106 valence electrons. The molecule has 0 saturated heterocycles. The summed E-state index contributed by atoms with van der Waals surface area (Å²) in [7, 11) is 0. The summed E-state index contributed by atoms with van der Waals surface area (Å²) in [6, 6.07) is 6.27. The van der Waals surface area contributed by atoms with Gasteiger partial charge >= 0.3 is 0 Å². The molecule has 0 heterocycles. The summed E-state index contributed by atoms with van der Waals surface area (Å²) in [5.41, 5.74) is 2.41. The molecule has 0 bridgehead atoms. The Morgan fingerprint density at radius 2 is 2.05 bits per heavy atom. The van der Waals surface area contributed by atoms with Gasteiger partial charge in [-0.25, -0.2) is 0 Å². The first-order valence-corrected chi connectivity index (χ1v) is 7.40. The standard InChI is InChI=1S/C15H23BrN2O/c1-5-17-9-14(19)18-10-15(3,4)13-8-12(16)7-6-11(13)2/h6-8,17H,5,9-10H2,1-4H3,(H,18,19). The Kier molecular flexibility index (Phi) is 6.01. The third kappa shape index (κ3) is 4.96. The average molecular weight is 327 g/mol. The summed E-state index contributed by atoms with van der Waals surface area (Å²) in [6.45, 7) is 10.2. The highest BCUT2D eigenvalue weighted by Gasteiger charge is 2.23. The maximum Gasteiger partial charge on any atom is 0.233 e. The maximum atomic E-state index is 11.6. The minimum Gasteiger partial charge on any atom is -0.354 e. The number of hydrogen-bond donors (Lipinski definition) is 2. The maximum absolute atomic E-state index is 11.6. The first-order valence-electron chi connectivity index (χ1n) is 6.61. The molecule has 0 spiro atoms. The van der Waals surface area contributed by atoms with Crippen molar-refractivity contribution in [2.24, 2.45) is 0 Å². The largest absolute Gasteiger partial charge is 0.354 e. The minimum absolute atomic E-state index is 0.0441. The second kappa shape index (κ2) is 7.06. The molecule has 0 fully saturated rings. The van der Waals surface area contributed by atoms with Crippen LogP contribution in [0.5, 0.6) is 0 Å². The molecule has 0 radical (unpaired) electrons. The van der Waals surface area contributed by atoms with Crippen LogP contribution in [0.4, 0.5) is 0 Å². The van der Waals surface area contributed by atoms with Gasteiger partial charge in [-0.15, -0.1) is 0 Å². The third-order valence-corrected chi connectivity index (χ3v) is 3.69. The third-order valence-electron chi connectivity index (χ3n) is 3.19. The molecule has 0 aromatic heterocycles. The van der Waals surface area contributed by atoms with Crippen molar-refractivity contribution in [2.45, 2.75) is 33.1 Å². The molecule has 0 aliphatic carbocycles. The van der Waals surface area contributed by atoms with Crippen molar-refractivity contribution in [3.8, 4) is 0 Å². The Bertz CT molecular complexity index is 444. The number of likely N-dealkylation sites (N-methyl/N-ethyl adjacent to an activating group) is 1. The first kappa shape index (κ1) is 16.2. The summed E-state index contributed by atoms with van der Waals surface area (Å²) >= 11 is 3.51. The van der Waals surface area contributed by atoms with Crippen LogP contribution < -0.4 is 10.6 Å². The molecule has 1 aromatic rings. The fourth-order valence-electron chi connectivity index (χ4n) is 2.04. The van der Waals surface area contributed by atoms with Gasteiger partial charge in [0.15, 0.2) is 0 Å². The molecule has 0 unspecified atom stereocenters. The van der Waals surface area contributed by atoms with Gasteiger partial charge in [0.2, 0.25) is 5.91 Å². The van der Waals surface area contributed by atoms with E-state index < -0.39 is 0 Å². The molecule has 0 aliphatic heterocycles. The number of halogens is 1. The summed E-state index contributed by atoms with van der Waals surface area (Å²) < 4.78 is 1.07. The van der Waals surface area contributed by atoms with Crippen LogP contribution in [-0.4, -0.2) is 25.5 Å². The fraction of sp³-hybridized carbons (Fsp3) is 0.533. The van der Waals surface area contributed by atoms with Gasteiger partial charge in [0.1, 0.15) is 0 Å². The van der Waals surface area contributed by atoms with E-state index in [1.54, 1.807) is 0 Å². The predicted octanol–water partition coefficient (Wildman–Crippen LogP) is 2.76. The molecule has 3 nitrogen and oxygen atoms in total. The lowest BCUT2D eigenvalue weighted by Gasteiger charge is -2.27. The Labute approximate surface area is 124 Å². The Morgan fingerprint density at radius 1 is 1.37 bits per heavy atom. The van der Waals surface area contributed by atoms with Crippen molar-refractivity contribution in [1.82, 2.24) is 10.6 Å². The van der Waals surface area contributed by atoms with E-state index in [0.717, 1.165) is 11.0 Å². The van der Waals surface area contributed by atoms with Crippen LogP contribution in [0, 0.1) is 6.92 Å². The molecule has 1 amide bonds. The van der Waals surface area contributed by atoms with Crippen molar-refractivity contribution >= 4 is 21.8 Å². The van der Waals surface area contributed by atoms with Crippen LogP contribution in [0.15, 0.2) is 22.7 Å². The van der Waals surface area contributed by atoms with Crippen LogP contribution in [0.1, 0.15) is 31.9 Å². The van der Waals surface area contributed by atoms with Gasteiger partial charge in [0.05, 0.1) is 6.54 Å². The molecule has 19 heavy (non-hydrogen) atoms. The second-order valence-corrected chi connectivity index (χ2v) is 6.32. The zero-order chi connectivity index (χ0) is 14.5. The number of nitrogens with one attached hydrogen (secondary N) is 2. The van der Waals surface area contributed by atoms with Gasteiger partial charge < -0.3 is 10.6 Å². The lowest BCUT2D eigenvalue weighted by Crippen LogP contribution is -2.41. The first-order chi connectivity index (χ1) is 8.86. The molecule has 0 atom stereocenters. The number of hydrogen-bond acceptors (Lipinski definition) is 2. The normalized spacial score (nSPS) is 11.4. The van der Waals surface area contributed by atoms with Crippen molar-refractivity contribution < 1.29 is 4.79 Å². The number of carbonyl (C=O) groups is 1. The van der Waals surface area contributed by atoms with Gasteiger partial charge in [-0.05, 0) is 36.7 Å². The van der Waals surface area contributed by atoms with Gasteiger partial charge in [0, 0.05) is 16.4 Å². The van der Waals surface area contributed by atoms with Crippen molar-refractivity contribution in [3.05, 3.63) is 33.8 Å². The zero-order valence-corrected chi connectivity index (χ0v) is 13.7. The van der Waals surface area contributed by atoms with E-state index in [1.807, 2.05) is 13.0 Å². The molecular weight excluding hydrogens is 304 g/mol. The van der Waals surface area contributed by atoms with Gasteiger partial charge in [-0.1, -0.05) is 42.8 Å². The lowest BCUT2D eigenvalue weighted by molar-refractivity contribution is -0.120. The monoisotopic (exact) mass is 326 g/mol. The highest BCUT2D eigenvalue weighted by Crippen LogP contribution is 2.28. The fourth-order valence-corrected chi connectivity index (χ4v) is 2.40. The van der Waals surface area contributed by atoms with Crippen molar-refractivity contribution in [1.29, 1.82) is 0 Å². The number of benzene rings is 1. The van der Waals surface area contributed by atoms with E-state index in [-0.39, 0.29) is 11.3 Å². The molecule has 0 aliphatic rings. The number of amides is 1. The summed E-state index contributed by atoms with van der Waals surface area (Å²) in [5.74, 6) is 0.0441. The van der Waals surface area contributed by atoms with Gasteiger partial charge in [-0.3, -0.25) is 4.79 Å². The minimum atomic E-state index is -0.0876. The molecule has 4 heteroatoms. The highest BCUT2D eigenvalue weighted by atomic mass is 79.9. The average Bonchev–Trinajstić information content (AvgIpc) is 2.36. The molecule has 1 aromatic carbocycles. The van der Waals surface area contributed by atoms with Gasteiger partial charge in [-0.2, -0.15) is 0 Å². The number of carbonyl (C=O) groups excluding carboxylic acids is 1. The van der Waals surface area contributed by atoms with E-state index >= 15 is 0 Å². The Balaban J connectivity index is 2.70. The predicted molar refractivity (Wildman–Crippen MR) is 83.5 cm³/mol. The SMILES string of the molecule is CCNCC(=O)NCC(C)(C)c1cc(Br)ccc1C. The number of rotatable bonds is 6. The Hall–Kier alpha value is -0.870. The smallest absolute Gasteiger partial charge is 0.233 e. The van der Waals surface area contributed by atoms with E-state index in [1.165, 1.54) is 11.1 Å². The molecule has 0 saturated carbocycles. The molecule has 1 rings (SSSR count). The lowest BCUT2D eigenvalue weighted by atomic mass is 9.82. The van der Waals surface area contributed by atoms with Crippen LogP contribution >= 0.6 is 15.9 Å². The molecule has 2 N–H and O–H groups in total. The summed E-state index contributed by atoms with van der Waals surface area (Å²) in [5, 5.41) is 6.01. The van der Waals surface area contributed by atoms with Gasteiger partial charge in [0.25, 0.3) is 0 Å². The van der Waals surface area contributed by atoms with Crippen LogP contribution in [0.3, 0.4) is 0 Å². The summed E-state index contributed by atoms with van der Waals surface area (Å²) in [6.07, 6.45) is 0. The highest BCUT2D eigenvalue weighted by molar-refractivity contribution is 9.10. The quantitative estimate of drug-likeness (QED) is 0.844.